The predicted octanol–water partition coefficient (Wildman–Crippen LogP) is 0.832. The highest BCUT2D eigenvalue weighted by molar-refractivity contribution is 5.85. The van der Waals surface area contributed by atoms with Crippen molar-refractivity contribution >= 4 is 17.6 Å². The maximum atomic E-state index is 11.8. The maximum absolute atomic E-state index is 11.8. The van der Waals surface area contributed by atoms with Crippen molar-refractivity contribution < 1.29 is 24.0 Å². The lowest BCUT2D eigenvalue weighted by atomic mass is 10.0. The Morgan fingerprint density at radius 2 is 2.05 bits per heavy atom. The number of hydrogen-bond donors (Lipinski definition) is 1. The van der Waals surface area contributed by atoms with Crippen LogP contribution in [-0.2, 0) is 25.5 Å². The third-order valence-corrected chi connectivity index (χ3v) is 2.87. The van der Waals surface area contributed by atoms with Crippen LogP contribution < -0.4 is 5.32 Å². The Morgan fingerprint density at radius 3 is 2.64 bits per heavy atom. The second-order valence-electron chi connectivity index (χ2n) is 4.37. The summed E-state index contributed by atoms with van der Waals surface area (Å²) in [5.41, 5.74) is 0.218. The quantitative estimate of drug-likeness (QED) is 0.433. The van der Waals surface area contributed by atoms with Gasteiger partial charge < -0.3 is 14.8 Å². The molecule has 0 aliphatic heterocycles. The number of para-hydroxylation sites is 1. The Hall–Kier alpha value is -2.48. The second kappa shape index (κ2) is 8.73. The monoisotopic (exact) mass is 310 g/mol. The summed E-state index contributed by atoms with van der Waals surface area (Å²) in [4.78, 5) is 33.9. The molecule has 1 aromatic rings. The van der Waals surface area contributed by atoms with Crippen molar-refractivity contribution in [1.29, 1.82) is 0 Å². The van der Waals surface area contributed by atoms with Crippen LogP contribution in [0.1, 0.15) is 12.5 Å². The smallest absolute Gasteiger partial charge is 0.328 e. The van der Waals surface area contributed by atoms with Crippen molar-refractivity contribution in [3.05, 3.63) is 39.9 Å². The van der Waals surface area contributed by atoms with E-state index in [4.69, 9.17) is 4.74 Å². The van der Waals surface area contributed by atoms with Gasteiger partial charge in [-0.25, -0.2) is 4.79 Å². The number of esters is 1. The molecule has 0 aliphatic rings. The Labute approximate surface area is 127 Å². The normalized spacial score (nSPS) is 11.5. The number of nitrogens with zero attached hydrogens (tertiary/aromatic N) is 1. The number of benzene rings is 1. The van der Waals surface area contributed by atoms with Crippen LogP contribution in [-0.4, -0.2) is 43.2 Å². The minimum absolute atomic E-state index is 0.0400. The SMILES string of the molecule is CCOCC(=O)N[C@H](Cc1ccccc1[N+](=O)[O-])C(=O)OC. The van der Waals surface area contributed by atoms with Crippen LogP contribution in [0, 0.1) is 10.1 Å². The Balaban J connectivity index is 2.88. The zero-order valence-electron chi connectivity index (χ0n) is 12.4. The van der Waals surface area contributed by atoms with Crippen molar-refractivity contribution in [3.63, 3.8) is 0 Å². The highest BCUT2D eigenvalue weighted by Crippen LogP contribution is 2.19. The minimum atomic E-state index is -1.01. The molecule has 8 nitrogen and oxygen atoms in total. The summed E-state index contributed by atoms with van der Waals surface area (Å²) in [7, 11) is 1.18. The molecule has 1 N–H and O–H groups in total. The van der Waals surface area contributed by atoms with Gasteiger partial charge in [-0.3, -0.25) is 14.9 Å². The van der Waals surface area contributed by atoms with E-state index in [9.17, 15) is 19.7 Å². The van der Waals surface area contributed by atoms with Crippen LogP contribution in [0.15, 0.2) is 24.3 Å². The van der Waals surface area contributed by atoms with E-state index in [1.54, 1.807) is 13.0 Å². The van der Waals surface area contributed by atoms with E-state index in [1.807, 2.05) is 0 Å². The first kappa shape index (κ1) is 17.6. The highest BCUT2D eigenvalue weighted by Gasteiger charge is 2.25. The number of methoxy groups -OCH3 is 1. The summed E-state index contributed by atoms with van der Waals surface area (Å²) in [6.45, 7) is 1.90. The third kappa shape index (κ3) is 5.13. The lowest BCUT2D eigenvalue weighted by Gasteiger charge is -2.16. The number of nitro benzene ring substituents is 1. The molecule has 0 spiro atoms. The van der Waals surface area contributed by atoms with E-state index >= 15 is 0 Å². The molecule has 120 valence electrons. The first-order chi connectivity index (χ1) is 10.5. The first-order valence-corrected chi connectivity index (χ1v) is 6.66. The third-order valence-electron chi connectivity index (χ3n) is 2.87. The van der Waals surface area contributed by atoms with E-state index in [0.717, 1.165) is 0 Å². The molecular formula is C14H18N2O6. The summed E-state index contributed by atoms with van der Waals surface area (Å²) in [6.07, 6.45) is -0.0400. The fourth-order valence-electron chi connectivity index (χ4n) is 1.85. The number of carbonyl (C=O) groups excluding carboxylic acids is 2. The van der Waals surface area contributed by atoms with Crippen LogP contribution in [0.2, 0.25) is 0 Å². The van der Waals surface area contributed by atoms with Gasteiger partial charge >= 0.3 is 5.97 Å². The standard InChI is InChI=1S/C14H18N2O6/c1-3-22-9-13(17)15-11(14(18)21-2)8-10-6-4-5-7-12(10)16(19)20/h4-7,11H,3,8-9H2,1-2H3,(H,15,17)/t11-/m1/s1. The van der Waals surface area contributed by atoms with Crippen LogP contribution in [0.5, 0.6) is 0 Å². The highest BCUT2D eigenvalue weighted by atomic mass is 16.6. The van der Waals surface area contributed by atoms with Gasteiger partial charge in [-0.1, -0.05) is 18.2 Å². The van der Waals surface area contributed by atoms with Crippen LogP contribution >= 0.6 is 0 Å². The molecule has 0 radical (unpaired) electrons. The fraction of sp³-hybridized carbons (Fsp3) is 0.429. The molecule has 1 rings (SSSR count). The first-order valence-electron chi connectivity index (χ1n) is 6.66. The van der Waals surface area contributed by atoms with Crippen molar-refractivity contribution in [2.24, 2.45) is 0 Å². The van der Waals surface area contributed by atoms with Gasteiger partial charge in [0.15, 0.2) is 0 Å². The number of carbonyl (C=O) groups is 2. The molecule has 0 unspecified atom stereocenters. The van der Waals surface area contributed by atoms with Gasteiger partial charge in [0.2, 0.25) is 5.91 Å². The zero-order chi connectivity index (χ0) is 16.5. The lowest BCUT2D eigenvalue weighted by molar-refractivity contribution is -0.385. The molecular weight excluding hydrogens is 292 g/mol. The molecule has 8 heteroatoms. The van der Waals surface area contributed by atoms with Crippen LogP contribution in [0.4, 0.5) is 5.69 Å². The largest absolute Gasteiger partial charge is 0.467 e. The minimum Gasteiger partial charge on any atom is -0.467 e. The fourth-order valence-corrected chi connectivity index (χ4v) is 1.85. The summed E-state index contributed by atoms with van der Waals surface area (Å²) < 4.78 is 9.58. The van der Waals surface area contributed by atoms with Crippen LogP contribution in [0.3, 0.4) is 0 Å². The van der Waals surface area contributed by atoms with E-state index < -0.39 is 22.8 Å². The van der Waals surface area contributed by atoms with E-state index in [1.165, 1.54) is 25.3 Å². The Kier molecular flexibility index (Phi) is 6.97. The number of ether oxygens (including phenoxy) is 2. The number of hydrogen-bond acceptors (Lipinski definition) is 6. The molecule has 1 atom stereocenters. The molecule has 0 heterocycles. The summed E-state index contributed by atoms with van der Waals surface area (Å²) >= 11 is 0. The molecule has 0 aliphatic carbocycles. The molecule has 0 aromatic heterocycles. The second-order valence-corrected chi connectivity index (χ2v) is 4.37. The van der Waals surface area contributed by atoms with E-state index in [-0.39, 0.29) is 18.7 Å². The molecule has 0 saturated heterocycles. The Morgan fingerprint density at radius 1 is 1.36 bits per heavy atom. The molecule has 22 heavy (non-hydrogen) atoms. The number of nitro groups is 1. The zero-order valence-corrected chi connectivity index (χ0v) is 12.4. The summed E-state index contributed by atoms with van der Waals surface area (Å²) in [6, 6.07) is 5.01. The van der Waals surface area contributed by atoms with Crippen molar-refractivity contribution in [2.75, 3.05) is 20.3 Å². The maximum Gasteiger partial charge on any atom is 0.328 e. The molecule has 0 saturated carbocycles. The number of rotatable bonds is 8. The van der Waals surface area contributed by atoms with Crippen molar-refractivity contribution in [2.45, 2.75) is 19.4 Å². The average molecular weight is 310 g/mol. The van der Waals surface area contributed by atoms with Crippen LogP contribution in [0.25, 0.3) is 0 Å². The molecule has 1 aromatic carbocycles. The lowest BCUT2D eigenvalue weighted by Crippen LogP contribution is -2.44. The molecule has 0 fully saturated rings. The average Bonchev–Trinajstić information content (AvgIpc) is 2.51. The van der Waals surface area contributed by atoms with Gasteiger partial charge in [0, 0.05) is 24.7 Å². The Bertz CT molecular complexity index is 546. The van der Waals surface area contributed by atoms with Gasteiger partial charge in [0.1, 0.15) is 12.6 Å². The predicted molar refractivity (Wildman–Crippen MR) is 77.2 cm³/mol. The van der Waals surface area contributed by atoms with Gasteiger partial charge in [-0.15, -0.1) is 0 Å². The number of amides is 1. The molecule has 1 amide bonds. The molecule has 0 bridgehead atoms. The van der Waals surface area contributed by atoms with Gasteiger partial charge in [-0.2, -0.15) is 0 Å². The van der Waals surface area contributed by atoms with Gasteiger partial charge in [0.05, 0.1) is 12.0 Å². The number of nitrogens with one attached hydrogen (secondary N) is 1. The summed E-state index contributed by atoms with van der Waals surface area (Å²) in [5.74, 6) is -1.17. The van der Waals surface area contributed by atoms with Crippen molar-refractivity contribution in [3.8, 4) is 0 Å². The summed E-state index contributed by atoms with van der Waals surface area (Å²) in [5, 5.41) is 13.4. The van der Waals surface area contributed by atoms with Gasteiger partial charge in [-0.05, 0) is 6.92 Å². The van der Waals surface area contributed by atoms with E-state index in [0.29, 0.717) is 12.2 Å². The van der Waals surface area contributed by atoms with Gasteiger partial charge in [0.25, 0.3) is 5.69 Å². The topological polar surface area (TPSA) is 108 Å². The van der Waals surface area contributed by atoms with Crippen molar-refractivity contribution in [1.82, 2.24) is 5.32 Å². The van der Waals surface area contributed by atoms with E-state index in [2.05, 4.69) is 10.1 Å².